The molecule has 0 spiro atoms. The SMILES string of the molecule is C=CC(=O)N1CCN(c2nc(=O)n3c4nc(c(F)cc24)-c2cc(ccc2F)NCCCCNc2cnc(C(C)C)c-3c2)[C@@H](C)C1. The molecule has 1 saturated heterocycles. The molecule has 12 heteroatoms. The molecule has 0 aliphatic carbocycles. The molecule has 1 fully saturated rings. The molecule has 5 heterocycles. The maximum atomic E-state index is 16.1. The molecule has 1 aromatic carbocycles. The van der Waals surface area contributed by atoms with Crippen molar-refractivity contribution in [3.8, 4) is 16.9 Å². The molecule has 4 aromatic rings. The molecule has 45 heavy (non-hydrogen) atoms. The smallest absolute Gasteiger partial charge is 0.355 e. The zero-order valence-corrected chi connectivity index (χ0v) is 25.6. The minimum absolute atomic E-state index is 0.0219. The molecule has 1 atom stereocenters. The van der Waals surface area contributed by atoms with Gasteiger partial charge in [-0.25, -0.2) is 23.1 Å². The van der Waals surface area contributed by atoms with Gasteiger partial charge in [-0.15, -0.1) is 0 Å². The first-order chi connectivity index (χ1) is 21.7. The topological polar surface area (TPSA) is 108 Å². The van der Waals surface area contributed by atoms with Gasteiger partial charge in [-0.3, -0.25) is 9.78 Å². The lowest BCUT2D eigenvalue weighted by Crippen LogP contribution is -2.54. The Labute approximate surface area is 259 Å². The Bertz CT molecular complexity index is 1860. The lowest BCUT2D eigenvalue weighted by molar-refractivity contribution is -0.126. The van der Waals surface area contributed by atoms with Crippen molar-refractivity contribution in [1.82, 2.24) is 24.4 Å². The highest BCUT2D eigenvalue weighted by molar-refractivity contribution is 5.91. The predicted molar refractivity (Wildman–Crippen MR) is 172 cm³/mol. The highest BCUT2D eigenvalue weighted by atomic mass is 19.1. The van der Waals surface area contributed by atoms with E-state index in [2.05, 4.69) is 22.2 Å². The van der Waals surface area contributed by atoms with Crippen molar-refractivity contribution in [2.24, 2.45) is 0 Å². The number of anilines is 3. The third-order valence-corrected chi connectivity index (χ3v) is 8.36. The molecular formula is C33H36F2N8O2. The minimum Gasteiger partial charge on any atom is -0.385 e. The molecule has 1 amide bonds. The van der Waals surface area contributed by atoms with E-state index in [4.69, 9.17) is 9.97 Å². The van der Waals surface area contributed by atoms with Crippen molar-refractivity contribution in [3.05, 3.63) is 77.0 Å². The van der Waals surface area contributed by atoms with Crippen molar-refractivity contribution < 1.29 is 13.6 Å². The summed E-state index contributed by atoms with van der Waals surface area (Å²) in [7, 11) is 0. The summed E-state index contributed by atoms with van der Waals surface area (Å²) in [6, 6.07) is 7.30. The largest absolute Gasteiger partial charge is 0.385 e. The van der Waals surface area contributed by atoms with Crippen LogP contribution in [-0.4, -0.2) is 69.1 Å². The van der Waals surface area contributed by atoms with Crippen molar-refractivity contribution in [2.45, 2.75) is 45.6 Å². The van der Waals surface area contributed by atoms with Crippen LogP contribution in [0.25, 0.3) is 28.0 Å². The van der Waals surface area contributed by atoms with Crippen LogP contribution < -0.4 is 21.2 Å². The Morgan fingerprint density at radius 3 is 2.51 bits per heavy atom. The molecule has 234 valence electrons. The van der Waals surface area contributed by atoms with E-state index in [1.165, 1.54) is 22.8 Å². The van der Waals surface area contributed by atoms with Crippen molar-refractivity contribution in [2.75, 3.05) is 48.3 Å². The van der Waals surface area contributed by atoms with Crippen LogP contribution in [0.2, 0.25) is 0 Å². The lowest BCUT2D eigenvalue weighted by atomic mass is 10.1. The average molecular weight is 615 g/mol. The van der Waals surface area contributed by atoms with Crippen LogP contribution in [0, 0.1) is 11.6 Å². The number of nitrogens with zero attached hydrogens (tertiary/aromatic N) is 6. The fourth-order valence-electron chi connectivity index (χ4n) is 6.05. The average Bonchev–Trinajstić information content (AvgIpc) is 3.02. The van der Waals surface area contributed by atoms with E-state index >= 15 is 8.78 Å². The zero-order valence-electron chi connectivity index (χ0n) is 25.6. The summed E-state index contributed by atoms with van der Waals surface area (Å²) >= 11 is 0. The Hall–Kier alpha value is -4.87. The van der Waals surface area contributed by atoms with E-state index in [1.807, 2.05) is 31.7 Å². The maximum Gasteiger partial charge on any atom is 0.355 e. The van der Waals surface area contributed by atoms with Crippen LogP contribution in [0.15, 0.2) is 54.0 Å². The van der Waals surface area contributed by atoms with Crippen LogP contribution in [-0.2, 0) is 4.79 Å². The summed E-state index contributed by atoms with van der Waals surface area (Å²) in [5, 5.41) is 6.97. The third-order valence-electron chi connectivity index (χ3n) is 8.36. The number of amides is 1. The molecule has 0 unspecified atom stereocenters. The van der Waals surface area contributed by atoms with Gasteiger partial charge in [-0.05, 0) is 62.1 Å². The summed E-state index contributed by atoms with van der Waals surface area (Å²) in [5.41, 5.74) is 1.71. The summed E-state index contributed by atoms with van der Waals surface area (Å²) in [4.78, 5) is 43.9. The van der Waals surface area contributed by atoms with Crippen LogP contribution in [0.3, 0.4) is 0 Å². The second-order valence-electron chi connectivity index (χ2n) is 11.8. The van der Waals surface area contributed by atoms with E-state index < -0.39 is 17.3 Å². The first-order valence-corrected chi connectivity index (χ1v) is 15.3. The molecule has 6 bridgehead atoms. The normalized spacial score (nSPS) is 16.9. The number of aromatic nitrogens is 4. The predicted octanol–water partition coefficient (Wildman–Crippen LogP) is 5.09. The number of piperazine rings is 1. The number of carbonyl (C=O) groups is 1. The number of benzene rings is 1. The van der Waals surface area contributed by atoms with Crippen molar-refractivity contribution in [3.63, 3.8) is 0 Å². The number of pyridine rings is 2. The summed E-state index contributed by atoms with van der Waals surface area (Å²) in [5.74, 6) is -1.40. The third kappa shape index (κ3) is 5.72. The van der Waals surface area contributed by atoms with Gasteiger partial charge >= 0.3 is 5.69 Å². The molecule has 10 nitrogen and oxygen atoms in total. The van der Waals surface area contributed by atoms with Crippen molar-refractivity contribution in [1.29, 1.82) is 0 Å². The summed E-state index contributed by atoms with van der Waals surface area (Å²) in [6.07, 6.45) is 4.70. The van der Waals surface area contributed by atoms with Gasteiger partial charge in [0.05, 0.1) is 28.7 Å². The number of fused-ring (bicyclic) bond motifs is 7. The van der Waals surface area contributed by atoms with Crippen molar-refractivity contribution >= 4 is 34.1 Å². The van der Waals surface area contributed by atoms with E-state index in [0.29, 0.717) is 55.5 Å². The first kappa shape index (κ1) is 30.2. The number of rotatable bonds is 3. The number of halogens is 2. The van der Waals surface area contributed by atoms with Gasteiger partial charge in [0.2, 0.25) is 5.91 Å². The van der Waals surface area contributed by atoms with Gasteiger partial charge in [0.25, 0.3) is 0 Å². The zero-order chi connectivity index (χ0) is 31.8. The quantitative estimate of drug-likeness (QED) is 0.308. The van der Waals surface area contributed by atoms with Gasteiger partial charge in [0, 0.05) is 50.0 Å². The van der Waals surface area contributed by atoms with Gasteiger partial charge in [0.15, 0.2) is 5.65 Å². The fraction of sp³-hybridized carbons (Fsp3) is 0.364. The van der Waals surface area contributed by atoms with Crippen LogP contribution in [0.4, 0.5) is 26.0 Å². The number of carbonyl (C=O) groups excluding carboxylic acids is 1. The Balaban J connectivity index is 1.64. The molecule has 2 aliphatic rings. The Morgan fingerprint density at radius 2 is 1.80 bits per heavy atom. The molecule has 6 rings (SSSR count). The van der Waals surface area contributed by atoms with E-state index in [-0.39, 0.29) is 46.0 Å². The molecule has 0 saturated carbocycles. The Morgan fingerprint density at radius 1 is 1.04 bits per heavy atom. The molecule has 2 N–H and O–H groups in total. The monoisotopic (exact) mass is 614 g/mol. The second-order valence-corrected chi connectivity index (χ2v) is 11.8. The highest BCUT2D eigenvalue weighted by Gasteiger charge is 2.30. The van der Waals surface area contributed by atoms with Gasteiger partial charge < -0.3 is 20.4 Å². The Kier molecular flexibility index (Phi) is 8.22. The fourth-order valence-corrected chi connectivity index (χ4v) is 6.05. The van der Waals surface area contributed by atoms with Gasteiger partial charge in [-0.2, -0.15) is 4.98 Å². The van der Waals surface area contributed by atoms with Crippen LogP contribution >= 0.6 is 0 Å². The van der Waals surface area contributed by atoms with E-state index in [9.17, 15) is 9.59 Å². The first-order valence-electron chi connectivity index (χ1n) is 15.3. The summed E-state index contributed by atoms with van der Waals surface area (Å²) < 4.78 is 32.8. The number of hydrogen-bond acceptors (Lipinski definition) is 8. The number of hydrogen-bond donors (Lipinski definition) is 2. The maximum absolute atomic E-state index is 16.1. The second kappa shape index (κ2) is 12.3. The molecule has 0 radical (unpaired) electrons. The standard InChI is InChI=1S/C33H36F2N8O2/c1-5-28(44)41-12-13-42(20(4)18-41)31-24-16-26(35)30-23-14-21(8-9-25(23)34)36-10-6-7-11-37-22-15-27(29(19(2)3)38-17-22)43(32(24)39-30)33(45)40-31/h5,8-9,14-17,19-20,36-37H,1,6-7,10-13,18H2,2-4H3/t20-/m0/s1. The van der Waals surface area contributed by atoms with E-state index in [1.54, 1.807) is 23.2 Å². The van der Waals surface area contributed by atoms with Gasteiger partial charge in [-0.1, -0.05) is 20.4 Å². The number of nitrogens with one attached hydrogen (secondary N) is 2. The van der Waals surface area contributed by atoms with Crippen LogP contribution in [0.1, 0.15) is 45.2 Å². The molecule has 2 aliphatic heterocycles. The lowest BCUT2D eigenvalue weighted by Gasteiger charge is -2.40. The van der Waals surface area contributed by atoms with Gasteiger partial charge in [0.1, 0.15) is 23.1 Å². The van der Waals surface area contributed by atoms with Crippen LogP contribution in [0.5, 0.6) is 0 Å². The molecule has 3 aromatic heterocycles. The molecular weight excluding hydrogens is 578 g/mol. The van der Waals surface area contributed by atoms with E-state index in [0.717, 1.165) is 12.8 Å². The highest BCUT2D eigenvalue weighted by Crippen LogP contribution is 2.34. The minimum atomic E-state index is -0.751. The summed E-state index contributed by atoms with van der Waals surface area (Å²) in [6.45, 7) is 11.9.